The largest absolute Gasteiger partial charge is 0.331 e. The second-order valence-electron chi connectivity index (χ2n) is 4.00. The lowest BCUT2D eigenvalue weighted by Crippen LogP contribution is -2.44. The summed E-state index contributed by atoms with van der Waals surface area (Å²) in [5.41, 5.74) is 0.930. The van der Waals surface area contributed by atoms with E-state index in [0.717, 1.165) is 12.0 Å². The van der Waals surface area contributed by atoms with Gasteiger partial charge in [-0.2, -0.15) is 5.10 Å². The topological polar surface area (TPSA) is 35.9 Å². The quantitative estimate of drug-likeness (QED) is 0.723. The van der Waals surface area contributed by atoms with Gasteiger partial charge in [0, 0.05) is 6.04 Å². The van der Waals surface area contributed by atoms with Gasteiger partial charge in [0.2, 0.25) is 0 Å². The normalized spacial score (nSPS) is 19.6. The van der Waals surface area contributed by atoms with Crippen molar-refractivity contribution < 1.29 is 4.79 Å². The van der Waals surface area contributed by atoms with Crippen LogP contribution < -0.4 is 5.01 Å². The van der Waals surface area contributed by atoms with E-state index in [1.54, 1.807) is 11.3 Å². The SMILES string of the molecule is CC(C)N1C=NN(c2ccccc2)C1C=O. The van der Waals surface area contributed by atoms with Gasteiger partial charge in [-0.3, -0.25) is 4.79 Å². The van der Waals surface area contributed by atoms with Gasteiger partial charge in [-0.15, -0.1) is 0 Å². The number of anilines is 1. The molecule has 1 aliphatic heterocycles. The molecule has 1 atom stereocenters. The van der Waals surface area contributed by atoms with Gasteiger partial charge in [0.1, 0.15) is 6.34 Å². The van der Waals surface area contributed by atoms with Gasteiger partial charge in [0.15, 0.2) is 12.5 Å². The summed E-state index contributed by atoms with van der Waals surface area (Å²) in [6.45, 7) is 4.08. The molecular formula is C12H15N3O. The monoisotopic (exact) mass is 217 g/mol. The van der Waals surface area contributed by atoms with E-state index < -0.39 is 0 Å². The molecule has 1 aromatic rings. The summed E-state index contributed by atoms with van der Waals surface area (Å²) in [7, 11) is 0. The molecule has 0 saturated heterocycles. The van der Waals surface area contributed by atoms with Gasteiger partial charge in [-0.05, 0) is 26.0 Å². The van der Waals surface area contributed by atoms with Crippen LogP contribution in [0.2, 0.25) is 0 Å². The lowest BCUT2D eigenvalue weighted by molar-refractivity contribution is -0.111. The lowest BCUT2D eigenvalue weighted by Gasteiger charge is -2.28. The molecule has 4 nitrogen and oxygen atoms in total. The van der Waals surface area contributed by atoms with Gasteiger partial charge in [-0.25, -0.2) is 5.01 Å². The molecule has 1 aliphatic rings. The molecular weight excluding hydrogens is 202 g/mol. The van der Waals surface area contributed by atoms with E-state index >= 15 is 0 Å². The molecule has 0 saturated carbocycles. The van der Waals surface area contributed by atoms with Crippen LogP contribution in [0.5, 0.6) is 0 Å². The molecule has 0 radical (unpaired) electrons. The maximum absolute atomic E-state index is 11.1. The van der Waals surface area contributed by atoms with Crippen LogP contribution in [0.25, 0.3) is 0 Å². The van der Waals surface area contributed by atoms with Crippen molar-refractivity contribution in [1.29, 1.82) is 0 Å². The van der Waals surface area contributed by atoms with Crippen molar-refractivity contribution in [1.82, 2.24) is 4.90 Å². The second kappa shape index (κ2) is 4.35. The molecule has 0 N–H and O–H groups in total. The number of hydrogen-bond acceptors (Lipinski definition) is 4. The minimum atomic E-state index is -0.331. The fraction of sp³-hybridized carbons (Fsp3) is 0.333. The van der Waals surface area contributed by atoms with Crippen molar-refractivity contribution >= 4 is 18.3 Å². The van der Waals surface area contributed by atoms with E-state index in [1.165, 1.54) is 0 Å². The molecule has 0 aliphatic carbocycles. The first-order valence-electron chi connectivity index (χ1n) is 5.35. The maximum Gasteiger partial charge on any atom is 0.181 e. The van der Waals surface area contributed by atoms with E-state index in [-0.39, 0.29) is 12.2 Å². The van der Waals surface area contributed by atoms with Crippen molar-refractivity contribution in [2.24, 2.45) is 5.10 Å². The molecule has 1 aromatic carbocycles. The van der Waals surface area contributed by atoms with Crippen LogP contribution in [0.1, 0.15) is 13.8 Å². The van der Waals surface area contributed by atoms with Crippen LogP contribution >= 0.6 is 0 Å². The highest BCUT2D eigenvalue weighted by molar-refractivity contribution is 5.76. The van der Waals surface area contributed by atoms with Crippen molar-refractivity contribution in [3.63, 3.8) is 0 Å². The molecule has 0 fully saturated rings. The highest BCUT2D eigenvalue weighted by Gasteiger charge is 2.29. The van der Waals surface area contributed by atoms with Gasteiger partial charge in [0.05, 0.1) is 5.69 Å². The average Bonchev–Trinajstić information content (AvgIpc) is 2.73. The standard InChI is InChI=1S/C12H15N3O/c1-10(2)14-9-13-15(12(14)8-16)11-6-4-3-5-7-11/h3-10,12H,1-2H3. The van der Waals surface area contributed by atoms with Crippen molar-refractivity contribution in [2.45, 2.75) is 26.1 Å². The molecule has 0 aromatic heterocycles. The summed E-state index contributed by atoms with van der Waals surface area (Å²) in [5.74, 6) is 0. The number of para-hydroxylation sites is 1. The zero-order valence-electron chi connectivity index (χ0n) is 9.45. The molecule has 0 bridgehead atoms. The fourth-order valence-electron chi connectivity index (χ4n) is 1.75. The number of rotatable bonds is 3. The average molecular weight is 217 g/mol. The third-order valence-corrected chi connectivity index (χ3v) is 2.60. The van der Waals surface area contributed by atoms with Gasteiger partial charge in [0.25, 0.3) is 0 Å². The zero-order valence-corrected chi connectivity index (χ0v) is 9.45. The molecule has 0 spiro atoms. The second-order valence-corrected chi connectivity index (χ2v) is 4.00. The molecule has 2 rings (SSSR count). The smallest absolute Gasteiger partial charge is 0.181 e. The van der Waals surface area contributed by atoms with E-state index in [1.807, 2.05) is 49.1 Å². The first-order valence-corrected chi connectivity index (χ1v) is 5.35. The summed E-state index contributed by atoms with van der Waals surface area (Å²) in [5, 5.41) is 5.99. The summed E-state index contributed by atoms with van der Waals surface area (Å²) in [6, 6.07) is 9.96. The minimum Gasteiger partial charge on any atom is -0.331 e. The lowest BCUT2D eigenvalue weighted by atomic mass is 10.2. The van der Waals surface area contributed by atoms with Crippen molar-refractivity contribution in [3.05, 3.63) is 30.3 Å². The first kappa shape index (κ1) is 10.7. The Balaban J connectivity index is 2.25. The van der Waals surface area contributed by atoms with E-state index in [2.05, 4.69) is 5.10 Å². The molecule has 1 unspecified atom stereocenters. The Labute approximate surface area is 95.2 Å². The van der Waals surface area contributed by atoms with E-state index in [0.29, 0.717) is 0 Å². The number of nitrogens with zero attached hydrogens (tertiary/aromatic N) is 3. The highest BCUT2D eigenvalue weighted by Crippen LogP contribution is 2.22. The molecule has 84 valence electrons. The predicted molar refractivity (Wildman–Crippen MR) is 64.2 cm³/mol. The van der Waals surface area contributed by atoms with Gasteiger partial charge >= 0.3 is 0 Å². The Bertz CT molecular complexity index is 389. The fourth-order valence-corrected chi connectivity index (χ4v) is 1.75. The van der Waals surface area contributed by atoms with Crippen LogP contribution in [-0.4, -0.2) is 29.7 Å². The molecule has 4 heteroatoms. The maximum atomic E-state index is 11.1. The Morgan fingerprint density at radius 3 is 2.56 bits per heavy atom. The van der Waals surface area contributed by atoms with E-state index in [9.17, 15) is 4.79 Å². The molecule has 16 heavy (non-hydrogen) atoms. The van der Waals surface area contributed by atoms with Crippen LogP contribution in [0, 0.1) is 0 Å². The minimum absolute atomic E-state index is 0.257. The van der Waals surface area contributed by atoms with Gasteiger partial charge in [-0.1, -0.05) is 18.2 Å². The summed E-state index contributed by atoms with van der Waals surface area (Å²) >= 11 is 0. The van der Waals surface area contributed by atoms with Crippen LogP contribution in [0.4, 0.5) is 5.69 Å². The van der Waals surface area contributed by atoms with Crippen LogP contribution in [-0.2, 0) is 4.79 Å². The van der Waals surface area contributed by atoms with Gasteiger partial charge < -0.3 is 4.90 Å². The highest BCUT2D eigenvalue weighted by atomic mass is 16.1. The number of carbonyl (C=O) groups is 1. The third kappa shape index (κ3) is 1.78. The predicted octanol–water partition coefficient (Wildman–Crippen LogP) is 1.69. The number of aldehydes is 1. The Kier molecular flexibility index (Phi) is 2.90. The zero-order chi connectivity index (χ0) is 11.5. The van der Waals surface area contributed by atoms with E-state index in [4.69, 9.17) is 0 Å². The third-order valence-electron chi connectivity index (χ3n) is 2.60. The first-order chi connectivity index (χ1) is 7.74. The molecule has 0 amide bonds. The van der Waals surface area contributed by atoms with Crippen LogP contribution in [0.15, 0.2) is 35.4 Å². The summed E-state index contributed by atoms with van der Waals surface area (Å²) in [4.78, 5) is 13.1. The Morgan fingerprint density at radius 1 is 1.31 bits per heavy atom. The van der Waals surface area contributed by atoms with Crippen molar-refractivity contribution in [3.8, 4) is 0 Å². The Morgan fingerprint density at radius 2 is 2.00 bits per heavy atom. The number of carbonyl (C=O) groups excluding carboxylic acids is 1. The Hall–Kier alpha value is -1.84. The molecule has 1 heterocycles. The summed E-state index contributed by atoms with van der Waals surface area (Å²) < 4.78 is 0. The van der Waals surface area contributed by atoms with Crippen LogP contribution in [0.3, 0.4) is 0 Å². The number of benzene rings is 1. The number of hydrogen-bond donors (Lipinski definition) is 0. The summed E-state index contributed by atoms with van der Waals surface area (Å²) in [6.07, 6.45) is 2.30. The van der Waals surface area contributed by atoms with Crippen molar-refractivity contribution in [2.75, 3.05) is 5.01 Å². The number of hydrazone groups is 1.